The van der Waals surface area contributed by atoms with Crippen molar-refractivity contribution in [3.8, 4) is 0 Å². The van der Waals surface area contributed by atoms with Gasteiger partial charge in [0, 0.05) is 23.4 Å². The number of ketones is 1. The molecule has 0 spiro atoms. The van der Waals surface area contributed by atoms with E-state index < -0.39 is 0 Å². The average Bonchev–Trinajstić information content (AvgIpc) is 2.90. The van der Waals surface area contributed by atoms with Crippen LogP contribution in [0.25, 0.3) is 0 Å². The van der Waals surface area contributed by atoms with Crippen LogP contribution >= 0.6 is 11.3 Å². The van der Waals surface area contributed by atoms with Gasteiger partial charge < -0.3 is 5.73 Å². The number of benzene rings is 1. The molecule has 1 unspecified atom stereocenters. The van der Waals surface area contributed by atoms with Gasteiger partial charge in [-0.3, -0.25) is 4.79 Å². The fraction of sp³-hybridized carbons (Fsp3) is 0.214. The lowest BCUT2D eigenvalue weighted by atomic mass is 10.0. The van der Waals surface area contributed by atoms with Gasteiger partial charge in [0.15, 0.2) is 5.78 Å². The maximum absolute atomic E-state index is 11.8. The number of hydrogen-bond donors (Lipinski definition) is 1. The van der Waals surface area contributed by atoms with Crippen LogP contribution < -0.4 is 5.73 Å². The third-order valence-electron chi connectivity index (χ3n) is 2.75. The molecule has 3 heteroatoms. The Morgan fingerprint density at radius 2 is 2.00 bits per heavy atom. The molecule has 0 radical (unpaired) electrons. The van der Waals surface area contributed by atoms with E-state index >= 15 is 0 Å². The van der Waals surface area contributed by atoms with Crippen LogP contribution in [0.2, 0.25) is 0 Å². The van der Waals surface area contributed by atoms with Crippen molar-refractivity contribution in [1.29, 1.82) is 0 Å². The summed E-state index contributed by atoms with van der Waals surface area (Å²) in [7, 11) is 0. The highest BCUT2D eigenvalue weighted by Gasteiger charge is 2.10. The second-order valence-electron chi connectivity index (χ2n) is 3.99. The molecule has 0 aliphatic heterocycles. The summed E-state index contributed by atoms with van der Waals surface area (Å²) in [6.07, 6.45) is 1.20. The Balaban J connectivity index is 1.89. The van der Waals surface area contributed by atoms with Crippen LogP contribution in [-0.4, -0.2) is 5.78 Å². The lowest BCUT2D eigenvalue weighted by molar-refractivity contribution is 0.0978. The molecular formula is C14H15NOS. The standard InChI is InChI=1S/C14H15NOS/c15-13(11-4-2-1-3-5-11)6-7-14(16)12-8-9-17-10-12/h1-5,8-10,13H,6-7,15H2. The maximum Gasteiger partial charge on any atom is 0.163 e. The van der Waals surface area contributed by atoms with Crippen molar-refractivity contribution < 1.29 is 4.79 Å². The van der Waals surface area contributed by atoms with Crippen LogP contribution in [0.15, 0.2) is 47.2 Å². The molecule has 0 saturated carbocycles. The van der Waals surface area contributed by atoms with Gasteiger partial charge in [-0.15, -0.1) is 0 Å². The van der Waals surface area contributed by atoms with E-state index in [1.807, 2.05) is 47.2 Å². The van der Waals surface area contributed by atoms with E-state index in [4.69, 9.17) is 5.73 Å². The van der Waals surface area contributed by atoms with Gasteiger partial charge in [-0.05, 0) is 23.4 Å². The van der Waals surface area contributed by atoms with Gasteiger partial charge in [-0.25, -0.2) is 0 Å². The topological polar surface area (TPSA) is 43.1 Å². The normalized spacial score (nSPS) is 12.3. The Labute approximate surface area is 105 Å². The number of hydrogen-bond acceptors (Lipinski definition) is 3. The smallest absolute Gasteiger partial charge is 0.163 e. The number of Topliss-reactive ketones (excluding diaryl/α,β-unsaturated/α-hetero) is 1. The predicted molar refractivity (Wildman–Crippen MR) is 71.3 cm³/mol. The van der Waals surface area contributed by atoms with Crippen LogP contribution in [0.4, 0.5) is 0 Å². The molecular weight excluding hydrogens is 230 g/mol. The lowest BCUT2D eigenvalue weighted by Gasteiger charge is -2.10. The van der Waals surface area contributed by atoms with Crippen molar-refractivity contribution in [3.63, 3.8) is 0 Å². The number of carbonyl (C=O) groups is 1. The van der Waals surface area contributed by atoms with Crippen LogP contribution in [0, 0.1) is 0 Å². The third-order valence-corrected chi connectivity index (χ3v) is 3.44. The zero-order valence-electron chi connectivity index (χ0n) is 9.50. The third kappa shape index (κ3) is 3.25. The Bertz CT molecular complexity index is 464. The Morgan fingerprint density at radius 3 is 2.65 bits per heavy atom. The largest absolute Gasteiger partial charge is 0.324 e. The highest BCUT2D eigenvalue weighted by Crippen LogP contribution is 2.17. The van der Waals surface area contributed by atoms with Gasteiger partial charge in [0.25, 0.3) is 0 Å². The number of carbonyl (C=O) groups excluding carboxylic acids is 1. The van der Waals surface area contributed by atoms with E-state index in [0.29, 0.717) is 12.8 Å². The number of rotatable bonds is 5. The van der Waals surface area contributed by atoms with Gasteiger partial charge in [0.1, 0.15) is 0 Å². The quantitative estimate of drug-likeness (QED) is 0.820. The first-order valence-corrected chi connectivity index (χ1v) is 6.57. The minimum atomic E-state index is -0.0567. The van der Waals surface area contributed by atoms with Gasteiger partial charge in [-0.2, -0.15) is 11.3 Å². The molecule has 1 aromatic heterocycles. The minimum absolute atomic E-state index is 0.0567. The molecule has 1 aromatic carbocycles. The van der Waals surface area contributed by atoms with Crippen molar-refractivity contribution >= 4 is 17.1 Å². The monoisotopic (exact) mass is 245 g/mol. The van der Waals surface area contributed by atoms with Gasteiger partial charge in [0.2, 0.25) is 0 Å². The summed E-state index contributed by atoms with van der Waals surface area (Å²) in [6, 6.07) is 11.7. The van der Waals surface area contributed by atoms with Gasteiger partial charge in [-0.1, -0.05) is 30.3 Å². The van der Waals surface area contributed by atoms with Gasteiger partial charge >= 0.3 is 0 Å². The first-order valence-electron chi connectivity index (χ1n) is 5.63. The highest BCUT2D eigenvalue weighted by atomic mass is 32.1. The summed E-state index contributed by atoms with van der Waals surface area (Å²) in [5.74, 6) is 0.178. The maximum atomic E-state index is 11.8. The summed E-state index contributed by atoms with van der Waals surface area (Å²) < 4.78 is 0. The molecule has 2 nitrogen and oxygen atoms in total. The Kier molecular flexibility index (Phi) is 4.07. The van der Waals surface area contributed by atoms with Crippen molar-refractivity contribution in [1.82, 2.24) is 0 Å². The molecule has 0 fully saturated rings. The molecule has 17 heavy (non-hydrogen) atoms. The predicted octanol–water partition coefficient (Wildman–Crippen LogP) is 3.41. The minimum Gasteiger partial charge on any atom is -0.324 e. The summed E-state index contributed by atoms with van der Waals surface area (Å²) in [4.78, 5) is 11.8. The molecule has 0 aliphatic carbocycles. The SMILES string of the molecule is NC(CCC(=O)c1ccsc1)c1ccccc1. The summed E-state index contributed by atoms with van der Waals surface area (Å²) in [5, 5.41) is 3.81. The molecule has 1 atom stereocenters. The zero-order chi connectivity index (χ0) is 12.1. The van der Waals surface area contributed by atoms with Crippen LogP contribution in [-0.2, 0) is 0 Å². The first-order chi connectivity index (χ1) is 8.27. The highest BCUT2D eigenvalue weighted by molar-refractivity contribution is 7.08. The molecule has 0 bridgehead atoms. The Hall–Kier alpha value is -1.45. The van der Waals surface area contributed by atoms with E-state index in [0.717, 1.165) is 11.1 Å². The van der Waals surface area contributed by atoms with Crippen molar-refractivity contribution in [2.24, 2.45) is 5.73 Å². The molecule has 2 aromatic rings. The molecule has 0 amide bonds. The molecule has 2 rings (SSSR count). The second kappa shape index (κ2) is 5.75. The van der Waals surface area contributed by atoms with E-state index in [2.05, 4.69) is 0 Å². The van der Waals surface area contributed by atoms with Crippen LogP contribution in [0.3, 0.4) is 0 Å². The molecule has 0 aliphatic rings. The van der Waals surface area contributed by atoms with Gasteiger partial charge in [0.05, 0.1) is 0 Å². The van der Waals surface area contributed by atoms with E-state index in [1.165, 1.54) is 0 Å². The Morgan fingerprint density at radius 1 is 1.24 bits per heavy atom. The zero-order valence-corrected chi connectivity index (χ0v) is 10.3. The van der Waals surface area contributed by atoms with Crippen LogP contribution in [0.5, 0.6) is 0 Å². The first kappa shape index (κ1) is 12.0. The summed E-state index contributed by atoms with van der Waals surface area (Å²) in [5.41, 5.74) is 7.94. The van der Waals surface area contributed by atoms with Crippen molar-refractivity contribution in [3.05, 3.63) is 58.3 Å². The summed E-state index contributed by atoms with van der Waals surface area (Å²) in [6.45, 7) is 0. The van der Waals surface area contributed by atoms with E-state index in [-0.39, 0.29) is 11.8 Å². The lowest BCUT2D eigenvalue weighted by Crippen LogP contribution is -2.12. The fourth-order valence-corrected chi connectivity index (χ4v) is 2.38. The van der Waals surface area contributed by atoms with Crippen molar-refractivity contribution in [2.75, 3.05) is 0 Å². The van der Waals surface area contributed by atoms with Crippen molar-refractivity contribution in [2.45, 2.75) is 18.9 Å². The molecule has 0 saturated heterocycles. The molecule has 1 heterocycles. The average molecular weight is 245 g/mol. The fourth-order valence-electron chi connectivity index (χ4n) is 1.72. The van der Waals surface area contributed by atoms with Crippen LogP contribution in [0.1, 0.15) is 34.8 Å². The van der Waals surface area contributed by atoms with E-state index in [9.17, 15) is 4.79 Å². The van der Waals surface area contributed by atoms with E-state index in [1.54, 1.807) is 11.3 Å². The molecule has 88 valence electrons. The number of nitrogens with two attached hydrogens (primary N) is 1. The number of thiophene rings is 1. The summed E-state index contributed by atoms with van der Waals surface area (Å²) >= 11 is 1.55. The molecule has 2 N–H and O–H groups in total. The second-order valence-corrected chi connectivity index (χ2v) is 4.77.